The smallest absolute Gasteiger partial charge is 0.240 e. The summed E-state index contributed by atoms with van der Waals surface area (Å²) in [5, 5.41) is 3.38. The second kappa shape index (κ2) is 9.73. The van der Waals surface area contributed by atoms with Crippen molar-refractivity contribution in [2.75, 3.05) is 13.7 Å². The number of methoxy groups -OCH3 is 1. The summed E-state index contributed by atoms with van der Waals surface area (Å²) in [6.45, 7) is 1.98. The van der Waals surface area contributed by atoms with Crippen LogP contribution in [0, 0.1) is 0 Å². The molecule has 2 aromatic carbocycles. The zero-order chi connectivity index (χ0) is 19.9. The SMILES string of the molecule is CCC(NC(=O)CCNS(=O)(=O)c1ccc(Cl)cc1)c1ccc(OC)cc1. The summed E-state index contributed by atoms with van der Waals surface area (Å²) in [6, 6.07) is 13.2. The molecule has 2 aromatic rings. The van der Waals surface area contributed by atoms with Crippen LogP contribution in [0.25, 0.3) is 0 Å². The zero-order valence-electron chi connectivity index (χ0n) is 15.2. The molecule has 27 heavy (non-hydrogen) atoms. The van der Waals surface area contributed by atoms with Gasteiger partial charge in [-0.25, -0.2) is 13.1 Å². The highest BCUT2D eigenvalue weighted by atomic mass is 35.5. The van der Waals surface area contributed by atoms with E-state index in [-0.39, 0.29) is 29.8 Å². The number of carbonyl (C=O) groups is 1. The number of carbonyl (C=O) groups excluding carboxylic acids is 1. The first-order chi connectivity index (χ1) is 12.9. The van der Waals surface area contributed by atoms with E-state index >= 15 is 0 Å². The van der Waals surface area contributed by atoms with Crippen molar-refractivity contribution in [3.63, 3.8) is 0 Å². The van der Waals surface area contributed by atoms with Crippen molar-refractivity contribution in [3.05, 3.63) is 59.1 Å². The van der Waals surface area contributed by atoms with Crippen molar-refractivity contribution in [3.8, 4) is 5.75 Å². The molecule has 2 rings (SSSR count). The van der Waals surface area contributed by atoms with Gasteiger partial charge in [0.2, 0.25) is 15.9 Å². The molecule has 0 spiro atoms. The van der Waals surface area contributed by atoms with Crippen molar-refractivity contribution in [2.24, 2.45) is 0 Å². The van der Waals surface area contributed by atoms with E-state index in [4.69, 9.17) is 16.3 Å². The highest BCUT2D eigenvalue weighted by molar-refractivity contribution is 7.89. The molecule has 0 aliphatic heterocycles. The van der Waals surface area contributed by atoms with Crippen LogP contribution in [0.15, 0.2) is 53.4 Å². The summed E-state index contributed by atoms with van der Waals surface area (Å²) >= 11 is 5.76. The van der Waals surface area contributed by atoms with Gasteiger partial charge >= 0.3 is 0 Å². The first kappa shape index (κ1) is 21.2. The summed E-state index contributed by atoms with van der Waals surface area (Å²) in [5.74, 6) is 0.521. The van der Waals surface area contributed by atoms with Gasteiger partial charge in [0.15, 0.2) is 0 Å². The van der Waals surface area contributed by atoms with Crippen molar-refractivity contribution >= 4 is 27.5 Å². The Labute approximate surface area is 164 Å². The molecule has 8 heteroatoms. The van der Waals surface area contributed by atoms with Crippen molar-refractivity contribution in [1.82, 2.24) is 10.0 Å². The van der Waals surface area contributed by atoms with Gasteiger partial charge in [-0.1, -0.05) is 30.7 Å². The Bertz CT molecular complexity index is 852. The van der Waals surface area contributed by atoms with Crippen molar-refractivity contribution < 1.29 is 17.9 Å². The largest absolute Gasteiger partial charge is 0.497 e. The van der Waals surface area contributed by atoms with Crippen LogP contribution in [0.4, 0.5) is 0 Å². The number of ether oxygens (including phenoxy) is 1. The molecule has 0 saturated heterocycles. The third kappa shape index (κ3) is 6.23. The third-order valence-electron chi connectivity index (χ3n) is 4.03. The lowest BCUT2D eigenvalue weighted by molar-refractivity contribution is -0.121. The summed E-state index contributed by atoms with van der Waals surface area (Å²) in [6.07, 6.45) is 0.758. The molecule has 0 aromatic heterocycles. The Morgan fingerprint density at radius 2 is 1.74 bits per heavy atom. The standard InChI is InChI=1S/C19H23ClN2O4S/c1-3-18(14-4-8-16(26-2)9-5-14)22-19(23)12-13-21-27(24,25)17-10-6-15(20)7-11-17/h4-11,18,21H,3,12-13H2,1-2H3,(H,22,23). The molecular formula is C19H23ClN2O4S. The van der Waals surface area contributed by atoms with E-state index in [9.17, 15) is 13.2 Å². The Balaban J connectivity index is 1.87. The molecule has 0 bridgehead atoms. The van der Waals surface area contributed by atoms with Crippen molar-refractivity contribution in [2.45, 2.75) is 30.7 Å². The van der Waals surface area contributed by atoms with E-state index < -0.39 is 10.0 Å². The number of amides is 1. The van der Waals surface area contributed by atoms with Crippen LogP contribution in [-0.2, 0) is 14.8 Å². The quantitative estimate of drug-likeness (QED) is 0.664. The average molecular weight is 411 g/mol. The number of halogens is 1. The van der Waals surface area contributed by atoms with E-state index in [0.29, 0.717) is 11.4 Å². The maximum Gasteiger partial charge on any atom is 0.240 e. The van der Waals surface area contributed by atoms with Gasteiger partial charge in [0.25, 0.3) is 0 Å². The molecule has 2 N–H and O–H groups in total. The minimum atomic E-state index is -3.67. The van der Waals surface area contributed by atoms with Crippen molar-refractivity contribution in [1.29, 1.82) is 0 Å². The van der Waals surface area contributed by atoms with Gasteiger partial charge in [-0.2, -0.15) is 0 Å². The molecule has 0 aliphatic carbocycles. The van der Waals surface area contributed by atoms with E-state index in [1.807, 2.05) is 31.2 Å². The minimum Gasteiger partial charge on any atom is -0.497 e. The fourth-order valence-corrected chi connectivity index (χ4v) is 3.68. The van der Waals surface area contributed by atoms with E-state index in [2.05, 4.69) is 10.0 Å². The number of hydrogen-bond donors (Lipinski definition) is 2. The third-order valence-corrected chi connectivity index (χ3v) is 5.76. The second-order valence-corrected chi connectivity index (χ2v) is 8.11. The highest BCUT2D eigenvalue weighted by Gasteiger charge is 2.16. The first-order valence-electron chi connectivity index (χ1n) is 8.54. The summed E-state index contributed by atoms with van der Waals surface area (Å²) < 4.78 is 31.9. The Hall–Kier alpha value is -2.09. The average Bonchev–Trinajstić information content (AvgIpc) is 2.66. The fraction of sp³-hybridized carbons (Fsp3) is 0.316. The van der Waals surface area contributed by atoms with Crippen LogP contribution in [0.1, 0.15) is 31.4 Å². The molecule has 0 fully saturated rings. The van der Waals surface area contributed by atoms with Gasteiger partial charge < -0.3 is 10.1 Å². The molecule has 146 valence electrons. The number of nitrogens with one attached hydrogen (secondary N) is 2. The van der Waals surface area contributed by atoms with Gasteiger partial charge in [-0.15, -0.1) is 0 Å². The van der Waals surface area contributed by atoms with E-state index in [0.717, 1.165) is 11.3 Å². The fourth-order valence-electron chi connectivity index (χ4n) is 2.52. The van der Waals surface area contributed by atoms with Gasteiger partial charge in [0, 0.05) is 18.0 Å². The second-order valence-electron chi connectivity index (χ2n) is 5.90. The molecule has 1 unspecified atom stereocenters. The van der Waals surface area contributed by atoms with Gasteiger partial charge in [-0.3, -0.25) is 4.79 Å². The number of hydrogen-bond acceptors (Lipinski definition) is 4. The number of sulfonamides is 1. The Morgan fingerprint density at radius 3 is 2.30 bits per heavy atom. The lowest BCUT2D eigenvalue weighted by Crippen LogP contribution is -2.32. The van der Waals surface area contributed by atoms with E-state index in [1.165, 1.54) is 24.3 Å². The van der Waals surface area contributed by atoms with Crippen LogP contribution in [0.5, 0.6) is 5.75 Å². The van der Waals surface area contributed by atoms with Crippen LogP contribution < -0.4 is 14.8 Å². The molecule has 0 aliphatic rings. The normalized spacial score (nSPS) is 12.4. The van der Waals surface area contributed by atoms with Crippen LogP contribution >= 0.6 is 11.6 Å². The van der Waals surface area contributed by atoms with Crippen LogP contribution in [0.3, 0.4) is 0 Å². The van der Waals surface area contributed by atoms with Crippen LogP contribution in [0.2, 0.25) is 5.02 Å². The summed E-state index contributed by atoms with van der Waals surface area (Å²) in [7, 11) is -2.07. The predicted octanol–water partition coefficient (Wildman–Crippen LogP) is 3.28. The number of rotatable bonds is 9. The Morgan fingerprint density at radius 1 is 1.11 bits per heavy atom. The molecule has 1 amide bonds. The molecular weight excluding hydrogens is 388 g/mol. The molecule has 0 radical (unpaired) electrons. The molecule has 1 atom stereocenters. The number of benzene rings is 2. The maximum atomic E-state index is 12.2. The Kier molecular flexibility index (Phi) is 7.65. The molecule has 0 heterocycles. The first-order valence-corrected chi connectivity index (χ1v) is 10.4. The topological polar surface area (TPSA) is 84.5 Å². The predicted molar refractivity (Wildman–Crippen MR) is 105 cm³/mol. The van der Waals surface area contributed by atoms with Gasteiger partial charge in [0.1, 0.15) is 5.75 Å². The van der Waals surface area contributed by atoms with Gasteiger partial charge in [0.05, 0.1) is 18.0 Å². The minimum absolute atomic E-state index is 0.00976. The van der Waals surface area contributed by atoms with Crippen LogP contribution in [-0.4, -0.2) is 28.0 Å². The molecule has 0 saturated carbocycles. The van der Waals surface area contributed by atoms with Gasteiger partial charge in [-0.05, 0) is 48.4 Å². The lowest BCUT2D eigenvalue weighted by atomic mass is 10.0. The lowest BCUT2D eigenvalue weighted by Gasteiger charge is -2.18. The summed E-state index contributed by atoms with van der Waals surface area (Å²) in [5.41, 5.74) is 0.966. The maximum absolute atomic E-state index is 12.2. The monoisotopic (exact) mass is 410 g/mol. The zero-order valence-corrected chi connectivity index (χ0v) is 16.8. The summed E-state index contributed by atoms with van der Waals surface area (Å²) in [4.78, 5) is 12.3. The molecule has 6 nitrogen and oxygen atoms in total. The highest BCUT2D eigenvalue weighted by Crippen LogP contribution is 2.20. The van der Waals surface area contributed by atoms with E-state index in [1.54, 1.807) is 7.11 Å².